The molecule has 31 heavy (non-hydrogen) atoms. The molecule has 8 nitrogen and oxygen atoms in total. The molecule has 0 aliphatic heterocycles. The van der Waals surface area contributed by atoms with Gasteiger partial charge in [-0.05, 0) is 36.8 Å². The van der Waals surface area contributed by atoms with Crippen molar-refractivity contribution in [2.24, 2.45) is 5.73 Å². The minimum absolute atomic E-state index is 0.0702. The number of carbonyl (C=O) groups is 2. The second kappa shape index (κ2) is 8.74. The Bertz CT molecular complexity index is 1230. The number of rotatable bonds is 7. The van der Waals surface area contributed by atoms with Crippen molar-refractivity contribution in [2.45, 2.75) is 19.9 Å². The summed E-state index contributed by atoms with van der Waals surface area (Å²) >= 11 is 0. The highest BCUT2D eigenvalue weighted by atomic mass is 16.2. The van der Waals surface area contributed by atoms with Gasteiger partial charge in [0.25, 0.3) is 5.91 Å². The molecular weight excluding hydrogens is 392 g/mol. The summed E-state index contributed by atoms with van der Waals surface area (Å²) in [4.78, 5) is 30.6. The number of nitrogens with two attached hydrogens (primary N) is 1. The van der Waals surface area contributed by atoms with E-state index in [2.05, 4.69) is 15.3 Å². The Morgan fingerprint density at radius 3 is 2.61 bits per heavy atom. The molecule has 2 N–H and O–H groups in total. The third-order valence-corrected chi connectivity index (χ3v) is 5.08. The summed E-state index contributed by atoms with van der Waals surface area (Å²) in [7, 11) is 0. The van der Waals surface area contributed by atoms with Gasteiger partial charge in [0.05, 0.1) is 16.9 Å². The molecule has 4 rings (SSSR count). The van der Waals surface area contributed by atoms with Crippen molar-refractivity contribution < 1.29 is 9.59 Å². The van der Waals surface area contributed by atoms with E-state index in [-0.39, 0.29) is 24.6 Å². The lowest BCUT2D eigenvalue weighted by Gasteiger charge is -2.21. The minimum Gasteiger partial charge on any atom is -0.370 e. The van der Waals surface area contributed by atoms with E-state index in [4.69, 9.17) is 5.73 Å². The van der Waals surface area contributed by atoms with Gasteiger partial charge in [-0.2, -0.15) is 0 Å². The standard InChI is InChI=1S/C23H22N6O2/c1-16-22(23(31)28(14-12-21(24)30)15-17-7-3-2-4-8-17)26-27-29(16)20-11-5-10-19-18(20)9-6-13-25-19/h2-11,13H,12,14-15H2,1H3,(H2,24,30). The average molecular weight is 414 g/mol. The lowest BCUT2D eigenvalue weighted by molar-refractivity contribution is -0.118. The van der Waals surface area contributed by atoms with Crippen LogP contribution < -0.4 is 5.73 Å². The van der Waals surface area contributed by atoms with Gasteiger partial charge >= 0.3 is 0 Å². The lowest BCUT2D eigenvalue weighted by atomic mass is 10.1. The quantitative estimate of drug-likeness (QED) is 0.500. The van der Waals surface area contributed by atoms with Crippen molar-refractivity contribution in [2.75, 3.05) is 6.54 Å². The maximum absolute atomic E-state index is 13.3. The van der Waals surface area contributed by atoms with Crippen molar-refractivity contribution in [3.05, 3.63) is 83.8 Å². The van der Waals surface area contributed by atoms with Crippen molar-refractivity contribution in [3.8, 4) is 5.69 Å². The van der Waals surface area contributed by atoms with Gasteiger partial charge in [0.15, 0.2) is 5.69 Å². The molecule has 0 aliphatic carbocycles. The van der Waals surface area contributed by atoms with Crippen LogP contribution in [0, 0.1) is 6.92 Å². The van der Waals surface area contributed by atoms with E-state index in [1.807, 2.05) is 60.7 Å². The fourth-order valence-electron chi connectivity index (χ4n) is 3.48. The van der Waals surface area contributed by atoms with Crippen molar-refractivity contribution >= 4 is 22.7 Å². The first kappa shape index (κ1) is 20.2. The number of primary amides is 1. The van der Waals surface area contributed by atoms with Crippen LogP contribution in [0.4, 0.5) is 0 Å². The van der Waals surface area contributed by atoms with E-state index >= 15 is 0 Å². The monoisotopic (exact) mass is 414 g/mol. The predicted octanol–water partition coefficient (Wildman–Crippen LogP) is 2.64. The molecule has 0 spiro atoms. The second-order valence-corrected chi connectivity index (χ2v) is 7.21. The molecule has 0 aliphatic rings. The number of amides is 2. The molecule has 156 valence electrons. The van der Waals surface area contributed by atoms with Crippen molar-refractivity contribution in [1.29, 1.82) is 0 Å². The highest BCUT2D eigenvalue weighted by Crippen LogP contribution is 2.22. The fourth-order valence-corrected chi connectivity index (χ4v) is 3.48. The van der Waals surface area contributed by atoms with Gasteiger partial charge in [-0.15, -0.1) is 5.10 Å². The molecule has 0 unspecified atom stereocenters. The summed E-state index contributed by atoms with van der Waals surface area (Å²) in [5.74, 6) is -0.762. The Morgan fingerprint density at radius 1 is 1.03 bits per heavy atom. The molecule has 0 bridgehead atoms. The average Bonchev–Trinajstić information content (AvgIpc) is 3.17. The van der Waals surface area contributed by atoms with E-state index < -0.39 is 5.91 Å². The topological polar surface area (TPSA) is 107 Å². The van der Waals surface area contributed by atoms with E-state index in [0.29, 0.717) is 12.2 Å². The molecule has 8 heteroatoms. The molecule has 0 saturated carbocycles. The molecular formula is C23H22N6O2. The van der Waals surface area contributed by atoms with Gasteiger partial charge < -0.3 is 10.6 Å². The summed E-state index contributed by atoms with van der Waals surface area (Å²) in [5.41, 5.74) is 8.74. The SMILES string of the molecule is Cc1c(C(=O)N(CCC(N)=O)Cc2ccccc2)nnn1-c1cccc2ncccc12. The Balaban J connectivity index is 1.68. The molecule has 2 amide bonds. The predicted molar refractivity (Wildman–Crippen MR) is 116 cm³/mol. The molecule has 0 fully saturated rings. The van der Waals surface area contributed by atoms with Crippen LogP contribution in [0.25, 0.3) is 16.6 Å². The highest BCUT2D eigenvalue weighted by Gasteiger charge is 2.24. The number of benzene rings is 2. The summed E-state index contributed by atoms with van der Waals surface area (Å²) in [6, 6.07) is 19.1. The maximum atomic E-state index is 13.3. The van der Waals surface area contributed by atoms with Crippen LogP contribution in [-0.2, 0) is 11.3 Å². The number of fused-ring (bicyclic) bond motifs is 1. The molecule has 0 saturated heterocycles. The number of nitrogens with zero attached hydrogens (tertiary/aromatic N) is 5. The number of carbonyl (C=O) groups excluding carboxylic acids is 2. The maximum Gasteiger partial charge on any atom is 0.276 e. The smallest absolute Gasteiger partial charge is 0.276 e. The van der Waals surface area contributed by atoms with Crippen LogP contribution in [0.5, 0.6) is 0 Å². The van der Waals surface area contributed by atoms with Gasteiger partial charge in [0.2, 0.25) is 5.91 Å². The summed E-state index contributed by atoms with van der Waals surface area (Å²) in [6.07, 6.45) is 1.80. The first-order chi connectivity index (χ1) is 15.0. The summed E-state index contributed by atoms with van der Waals surface area (Å²) < 4.78 is 1.64. The first-order valence-corrected chi connectivity index (χ1v) is 9.92. The number of aromatic nitrogens is 4. The summed E-state index contributed by atoms with van der Waals surface area (Å²) in [6.45, 7) is 2.35. The zero-order valence-electron chi connectivity index (χ0n) is 17.1. The third-order valence-electron chi connectivity index (χ3n) is 5.08. The van der Waals surface area contributed by atoms with Crippen LogP contribution in [0.3, 0.4) is 0 Å². The van der Waals surface area contributed by atoms with Gasteiger partial charge in [0, 0.05) is 31.1 Å². The van der Waals surface area contributed by atoms with Crippen molar-refractivity contribution in [1.82, 2.24) is 24.9 Å². The largest absolute Gasteiger partial charge is 0.370 e. The lowest BCUT2D eigenvalue weighted by Crippen LogP contribution is -2.34. The van der Waals surface area contributed by atoms with Crippen LogP contribution in [0.1, 0.15) is 28.2 Å². The third kappa shape index (κ3) is 4.28. The molecule has 4 aromatic rings. The van der Waals surface area contributed by atoms with Crippen LogP contribution in [-0.4, -0.2) is 43.2 Å². The summed E-state index contributed by atoms with van der Waals surface area (Å²) in [5, 5.41) is 9.32. The highest BCUT2D eigenvalue weighted by molar-refractivity contribution is 5.94. The van der Waals surface area contributed by atoms with Gasteiger partial charge in [-0.25, -0.2) is 4.68 Å². The Morgan fingerprint density at radius 2 is 1.84 bits per heavy atom. The fraction of sp³-hybridized carbons (Fsp3) is 0.174. The molecule has 2 heterocycles. The number of hydrogen-bond donors (Lipinski definition) is 1. The van der Waals surface area contributed by atoms with E-state index in [9.17, 15) is 9.59 Å². The number of pyridine rings is 1. The van der Waals surface area contributed by atoms with Crippen LogP contribution in [0.2, 0.25) is 0 Å². The molecule has 0 radical (unpaired) electrons. The second-order valence-electron chi connectivity index (χ2n) is 7.21. The zero-order valence-corrected chi connectivity index (χ0v) is 17.1. The van der Waals surface area contributed by atoms with E-state index in [1.165, 1.54) is 0 Å². The molecule has 0 atom stereocenters. The number of hydrogen-bond acceptors (Lipinski definition) is 5. The first-order valence-electron chi connectivity index (χ1n) is 9.92. The Hall–Kier alpha value is -4.07. The van der Waals surface area contributed by atoms with E-state index in [0.717, 1.165) is 22.2 Å². The van der Waals surface area contributed by atoms with Gasteiger partial charge in [-0.3, -0.25) is 14.6 Å². The Kier molecular flexibility index (Phi) is 5.70. The van der Waals surface area contributed by atoms with Crippen LogP contribution in [0.15, 0.2) is 66.9 Å². The van der Waals surface area contributed by atoms with E-state index in [1.54, 1.807) is 22.7 Å². The normalized spacial score (nSPS) is 10.9. The zero-order chi connectivity index (χ0) is 21.8. The minimum atomic E-state index is -0.463. The van der Waals surface area contributed by atoms with Gasteiger partial charge in [0.1, 0.15) is 0 Å². The van der Waals surface area contributed by atoms with Gasteiger partial charge in [-0.1, -0.05) is 41.6 Å². The van der Waals surface area contributed by atoms with Crippen LogP contribution >= 0.6 is 0 Å². The molecule has 2 aromatic heterocycles. The van der Waals surface area contributed by atoms with Crippen molar-refractivity contribution in [3.63, 3.8) is 0 Å². The Labute approximate surface area is 179 Å². The molecule has 2 aromatic carbocycles.